The maximum atomic E-state index is 5.94. The Morgan fingerprint density at radius 1 is 1.23 bits per heavy atom. The predicted octanol–water partition coefficient (Wildman–Crippen LogP) is 4.99. The minimum Gasteiger partial charge on any atom is -0.488 e. The third-order valence-electron chi connectivity index (χ3n) is 3.29. The number of halogens is 1. The molecule has 3 nitrogen and oxygen atoms in total. The van der Waals surface area contributed by atoms with E-state index in [9.17, 15) is 0 Å². The van der Waals surface area contributed by atoms with Gasteiger partial charge in [0.25, 0.3) is 5.17 Å². The highest BCUT2D eigenvalue weighted by atomic mass is 79.9. The molecule has 1 N–H and O–H groups in total. The lowest BCUT2D eigenvalue weighted by Crippen LogP contribution is -2.13. The molecule has 2 aromatic rings. The number of hydrogen-bond acceptors (Lipinski definition) is 3. The Hall–Kier alpha value is -1.59. The molecule has 0 bridgehead atoms. The summed E-state index contributed by atoms with van der Waals surface area (Å²) in [5, 5.41) is 3.41. The standard InChI is InChI=1S/C17H18BrNO2S/c1-11-7-8-16(14(18)9-11)21-10-13-12(2)5-4-6-15(13)19-17(22)20-3/h4-9H,10H2,1-3H3,(H,19,22). The smallest absolute Gasteiger partial charge is 0.260 e. The lowest BCUT2D eigenvalue weighted by atomic mass is 10.1. The zero-order chi connectivity index (χ0) is 16.1. The van der Waals surface area contributed by atoms with Crippen molar-refractivity contribution in [3.63, 3.8) is 0 Å². The van der Waals surface area contributed by atoms with Gasteiger partial charge in [-0.1, -0.05) is 18.2 Å². The van der Waals surface area contributed by atoms with Crippen LogP contribution in [0.4, 0.5) is 5.69 Å². The van der Waals surface area contributed by atoms with Gasteiger partial charge in [-0.3, -0.25) is 0 Å². The Bertz CT molecular complexity index is 688. The largest absolute Gasteiger partial charge is 0.488 e. The Morgan fingerprint density at radius 2 is 2.00 bits per heavy atom. The summed E-state index contributed by atoms with van der Waals surface area (Å²) in [7, 11) is 1.55. The average Bonchev–Trinajstić information content (AvgIpc) is 2.48. The van der Waals surface area contributed by atoms with Crippen LogP contribution >= 0.6 is 28.1 Å². The van der Waals surface area contributed by atoms with Gasteiger partial charge in [0.05, 0.1) is 11.6 Å². The molecule has 0 amide bonds. The van der Waals surface area contributed by atoms with Crippen LogP contribution in [-0.2, 0) is 11.3 Å². The number of rotatable bonds is 4. The van der Waals surface area contributed by atoms with E-state index in [0.29, 0.717) is 11.8 Å². The number of thiocarbonyl (C=S) groups is 1. The molecule has 0 heterocycles. The van der Waals surface area contributed by atoms with Gasteiger partial charge in [0.15, 0.2) is 0 Å². The molecule has 116 valence electrons. The van der Waals surface area contributed by atoms with Crippen molar-refractivity contribution in [2.45, 2.75) is 20.5 Å². The van der Waals surface area contributed by atoms with Crippen molar-refractivity contribution in [2.75, 3.05) is 12.4 Å². The summed E-state index contributed by atoms with van der Waals surface area (Å²) in [5.41, 5.74) is 4.26. The van der Waals surface area contributed by atoms with E-state index in [1.54, 1.807) is 7.11 Å². The van der Waals surface area contributed by atoms with Crippen LogP contribution in [0.25, 0.3) is 0 Å². The summed E-state index contributed by atoms with van der Waals surface area (Å²) < 4.78 is 11.9. The number of methoxy groups -OCH3 is 1. The zero-order valence-corrected chi connectivity index (χ0v) is 15.2. The van der Waals surface area contributed by atoms with Crippen LogP contribution in [0, 0.1) is 13.8 Å². The number of nitrogens with one attached hydrogen (secondary N) is 1. The zero-order valence-electron chi connectivity index (χ0n) is 12.8. The van der Waals surface area contributed by atoms with Gasteiger partial charge in [-0.2, -0.15) is 0 Å². The first kappa shape index (κ1) is 16.8. The van der Waals surface area contributed by atoms with Gasteiger partial charge in [-0.15, -0.1) is 0 Å². The molecule has 0 fully saturated rings. The first-order chi connectivity index (χ1) is 10.5. The lowest BCUT2D eigenvalue weighted by molar-refractivity contribution is 0.304. The van der Waals surface area contributed by atoms with Crippen LogP contribution in [0.3, 0.4) is 0 Å². The van der Waals surface area contributed by atoms with E-state index in [0.717, 1.165) is 27.0 Å². The minimum atomic E-state index is 0.336. The summed E-state index contributed by atoms with van der Waals surface area (Å²) in [6.45, 7) is 4.54. The van der Waals surface area contributed by atoms with Crippen molar-refractivity contribution < 1.29 is 9.47 Å². The van der Waals surface area contributed by atoms with Gasteiger partial charge in [0.1, 0.15) is 12.4 Å². The average molecular weight is 380 g/mol. The molecule has 2 aromatic carbocycles. The monoisotopic (exact) mass is 379 g/mol. The molecule has 0 spiro atoms. The summed E-state index contributed by atoms with van der Waals surface area (Å²) in [5.74, 6) is 0.814. The van der Waals surface area contributed by atoms with Gasteiger partial charge in [-0.05, 0) is 71.3 Å². The molecular weight excluding hydrogens is 362 g/mol. The van der Waals surface area contributed by atoms with Crippen LogP contribution in [0.2, 0.25) is 0 Å². The van der Waals surface area contributed by atoms with E-state index in [4.69, 9.17) is 21.7 Å². The van der Waals surface area contributed by atoms with Crippen molar-refractivity contribution in [1.82, 2.24) is 0 Å². The van der Waals surface area contributed by atoms with E-state index in [2.05, 4.69) is 21.2 Å². The molecule has 0 radical (unpaired) electrons. The topological polar surface area (TPSA) is 30.5 Å². The van der Waals surface area contributed by atoms with Gasteiger partial charge in [-0.25, -0.2) is 0 Å². The Morgan fingerprint density at radius 3 is 2.68 bits per heavy atom. The van der Waals surface area contributed by atoms with Gasteiger partial charge < -0.3 is 14.8 Å². The second-order valence-electron chi connectivity index (χ2n) is 4.94. The first-order valence-corrected chi connectivity index (χ1v) is 8.04. The van der Waals surface area contributed by atoms with Crippen LogP contribution < -0.4 is 10.1 Å². The molecule has 0 atom stereocenters. The molecule has 2 rings (SSSR count). The molecule has 0 aliphatic rings. The van der Waals surface area contributed by atoms with Gasteiger partial charge in [0.2, 0.25) is 0 Å². The maximum absolute atomic E-state index is 5.94. The van der Waals surface area contributed by atoms with Gasteiger partial charge in [0, 0.05) is 11.3 Å². The summed E-state index contributed by atoms with van der Waals surface area (Å²) in [4.78, 5) is 0. The highest BCUT2D eigenvalue weighted by molar-refractivity contribution is 9.10. The van der Waals surface area contributed by atoms with Crippen LogP contribution in [0.5, 0.6) is 5.75 Å². The first-order valence-electron chi connectivity index (χ1n) is 6.83. The number of ether oxygens (including phenoxy) is 2. The van der Waals surface area contributed by atoms with Crippen molar-refractivity contribution in [1.29, 1.82) is 0 Å². The highest BCUT2D eigenvalue weighted by Crippen LogP contribution is 2.28. The van der Waals surface area contributed by atoms with Crippen LogP contribution in [-0.4, -0.2) is 12.3 Å². The molecule has 0 aliphatic heterocycles. The molecular formula is C17H18BrNO2S. The fraction of sp³-hybridized carbons (Fsp3) is 0.235. The third kappa shape index (κ3) is 4.21. The fourth-order valence-electron chi connectivity index (χ4n) is 2.04. The minimum absolute atomic E-state index is 0.336. The second-order valence-corrected chi connectivity index (χ2v) is 6.17. The van der Waals surface area contributed by atoms with E-state index < -0.39 is 0 Å². The van der Waals surface area contributed by atoms with Crippen molar-refractivity contribution in [3.05, 3.63) is 57.6 Å². The highest BCUT2D eigenvalue weighted by Gasteiger charge is 2.09. The summed E-state index contributed by atoms with van der Waals surface area (Å²) in [6, 6.07) is 12.0. The van der Waals surface area contributed by atoms with E-state index in [1.165, 1.54) is 5.56 Å². The third-order valence-corrected chi connectivity index (χ3v) is 4.18. The predicted molar refractivity (Wildman–Crippen MR) is 97.6 cm³/mol. The molecule has 22 heavy (non-hydrogen) atoms. The van der Waals surface area contributed by atoms with Crippen molar-refractivity contribution >= 4 is 39.0 Å². The maximum Gasteiger partial charge on any atom is 0.260 e. The number of hydrogen-bond donors (Lipinski definition) is 1. The molecule has 0 saturated carbocycles. The van der Waals surface area contributed by atoms with Crippen LogP contribution in [0.15, 0.2) is 40.9 Å². The van der Waals surface area contributed by atoms with Crippen molar-refractivity contribution in [2.24, 2.45) is 0 Å². The normalized spacial score (nSPS) is 10.2. The Labute approximate surface area is 144 Å². The molecule has 0 aromatic heterocycles. The van der Waals surface area contributed by atoms with E-state index >= 15 is 0 Å². The molecule has 0 aliphatic carbocycles. The lowest BCUT2D eigenvalue weighted by Gasteiger charge is -2.16. The number of anilines is 1. The number of benzene rings is 2. The molecule has 0 unspecified atom stereocenters. The van der Waals surface area contributed by atoms with Gasteiger partial charge >= 0.3 is 0 Å². The van der Waals surface area contributed by atoms with E-state index in [-0.39, 0.29) is 0 Å². The Balaban J connectivity index is 2.19. The van der Waals surface area contributed by atoms with E-state index in [1.807, 2.05) is 50.2 Å². The second kappa shape index (κ2) is 7.61. The SMILES string of the molecule is COC(=S)Nc1cccc(C)c1COc1ccc(C)cc1Br. The molecule has 0 saturated heterocycles. The summed E-state index contributed by atoms with van der Waals surface area (Å²) in [6.07, 6.45) is 0. The van der Waals surface area contributed by atoms with Crippen LogP contribution in [0.1, 0.15) is 16.7 Å². The fourth-order valence-corrected chi connectivity index (χ4v) is 2.76. The number of aryl methyl sites for hydroxylation is 2. The molecule has 5 heteroatoms. The summed E-state index contributed by atoms with van der Waals surface area (Å²) >= 11 is 8.60. The quantitative estimate of drug-likeness (QED) is 0.758. The van der Waals surface area contributed by atoms with Crippen molar-refractivity contribution in [3.8, 4) is 5.75 Å². The Kier molecular flexibility index (Phi) is 5.80.